The van der Waals surface area contributed by atoms with Gasteiger partial charge in [0.1, 0.15) is 11.6 Å². The van der Waals surface area contributed by atoms with E-state index in [0.29, 0.717) is 38.8 Å². The van der Waals surface area contributed by atoms with Crippen LogP contribution in [0.25, 0.3) is 0 Å². The Morgan fingerprint density at radius 3 is 2.56 bits per heavy atom. The number of nitrogens with zero attached hydrogens (tertiary/aromatic N) is 1. The molecule has 196 valence electrons. The van der Waals surface area contributed by atoms with Gasteiger partial charge in [0.2, 0.25) is 17.7 Å². The first-order valence-electron chi connectivity index (χ1n) is 13.8. The minimum atomic E-state index is -0.938. The van der Waals surface area contributed by atoms with Crippen LogP contribution in [0.1, 0.15) is 69.8 Å². The second-order valence-electron chi connectivity index (χ2n) is 10.9. The number of fused-ring (bicyclic) bond motifs is 1. The van der Waals surface area contributed by atoms with E-state index < -0.39 is 23.5 Å². The highest BCUT2D eigenvalue weighted by Crippen LogP contribution is 2.58. The molecule has 3 N–H and O–H groups in total. The van der Waals surface area contributed by atoms with Crippen LogP contribution in [0.5, 0.6) is 0 Å². The molecule has 1 saturated carbocycles. The predicted molar refractivity (Wildman–Crippen MR) is 134 cm³/mol. The molecule has 3 saturated heterocycles. The Kier molecular flexibility index (Phi) is 7.62. The molecule has 1 aliphatic carbocycles. The molecule has 36 heavy (non-hydrogen) atoms. The van der Waals surface area contributed by atoms with Crippen molar-refractivity contribution < 1.29 is 24.2 Å². The molecule has 0 aromatic heterocycles. The van der Waals surface area contributed by atoms with Crippen molar-refractivity contribution in [2.24, 2.45) is 11.8 Å². The van der Waals surface area contributed by atoms with Gasteiger partial charge in [0.25, 0.3) is 0 Å². The van der Waals surface area contributed by atoms with Crippen LogP contribution < -0.4 is 10.6 Å². The number of aliphatic hydroxyl groups is 1. The Labute approximate surface area is 213 Å². The Hall–Kier alpha value is -2.45. The van der Waals surface area contributed by atoms with E-state index in [0.717, 1.165) is 37.7 Å². The smallest absolute Gasteiger partial charge is 0.246 e. The van der Waals surface area contributed by atoms with Crippen molar-refractivity contribution in [3.63, 3.8) is 0 Å². The van der Waals surface area contributed by atoms with Gasteiger partial charge in [0.15, 0.2) is 0 Å². The zero-order valence-corrected chi connectivity index (χ0v) is 21.0. The quantitative estimate of drug-likeness (QED) is 0.430. The summed E-state index contributed by atoms with van der Waals surface area (Å²) in [5.74, 6) is -1.65. The summed E-state index contributed by atoms with van der Waals surface area (Å²) >= 11 is 0. The third-order valence-corrected chi connectivity index (χ3v) is 8.67. The maximum atomic E-state index is 13.9. The highest BCUT2D eigenvalue weighted by molar-refractivity contribution is 5.99. The number of hydrogen-bond donors (Lipinski definition) is 3. The summed E-state index contributed by atoms with van der Waals surface area (Å²) in [4.78, 5) is 42.7. The first kappa shape index (κ1) is 25.2. The van der Waals surface area contributed by atoms with E-state index in [1.807, 2.05) is 30.3 Å². The van der Waals surface area contributed by atoms with Gasteiger partial charge in [-0.2, -0.15) is 0 Å². The lowest BCUT2D eigenvalue weighted by Crippen LogP contribution is -2.57. The summed E-state index contributed by atoms with van der Waals surface area (Å²) in [6.45, 7) is 0.944. The number of ether oxygens (including phenoxy) is 1. The number of aliphatic hydroxyl groups excluding tert-OH is 1. The van der Waals surface area contributed by atoms with Crippen molar-refractivity contribution in [2.45, 2.75) is 94.5 Å². The Morgan fingerprint density at radius 1 is 1.03 bits per heavy atom. The van der Waals surface area contributed by atoms with Gasteiger partial charge in [-0.25, -0.2) is 0 Å². The largest absolute Gasteiger partial charge is 0.396 e. The minimum absolute atomic E-state index is 0.112. The first-order valence-corrected chi connectivity index (χ1v) is 13.8. The van der Waals surface area contributed by atoms with E-state index in [1.165, 1.54) is 6.42 Å². The maximum Gasteiger partial charge on any atom is 0.246 e. The van der Waals surface area contributed by atoms with Crippen molar-refractivity contribution in [3.8, 4) is 0 Å². The normalized spacial score (nSPS) is 31.5. The van der Waals surface area contributed by atoms with Crippen molar-refractivity contribution >= 4 is 17.7 Å². The predicted octanol–water partition coefficient (Wildman–Crippen LogP) is 2.29. The molecule has 4 fully saturated rings. The zero-order valence-electron chi connectivity index (χ0n) is 21.0. The molecule has 1 aromatic rings. The second-order valence-corrected chi connectivity index (χ2v) is 10.9. The van der Waals surface area contributed by atoms with Crippen LogP contribution >= 0.6 is 0 Å². The number of rotatable bonds is 10. The van der Waals surface area contributed by atoms with Gasteiger partial charge in [-0.3, -0.25) is 14.4 Å². The molecule has 8 heteroatoms. The van der Waals surface area contributed by atoms with E-state index in [2.05, 4.69) is 10.6 Å². The molecule has 5 rings (SSSR count). The second kappa shape index (κ2) is 10.9. The van der Waals surface area contributed by atoms with Crippen LogP contribution in [-0.2, 0) is 25.7 Å². The lowest BCUT2D eigenvalue weighted by molar-refractivity contribution is -0.142. The molecule has 5 atom stereocenters. The highest BCUT2D eigenvalue weighted by Gasteiger charge is 2.74. The van der Waals surface area contributed by atoms with Gasteiger partial charge in [0.05, 0.1) is 17.9 Å². The van der Waals surface area contributed by atoms with Gasteiger partial charge in [-0.1, -0.05) is 49.6 Å². The Morgan fingerprint density at radius 2 is 1.81 bits per heavy atom. The van der Waals surface area contributed by atoms with E-state index in [1.54, 1.807) is 4.90 Å². The fourth-order valence-electron chi connectivity index (χ4n) is 6.99. The van der Waals surface area contributed by atoms with Crippen LogP contribution in [0.4, 0.5) is 0 Å². The molecule has 3 aliphatic heterocycles. The number of hydrogen-bond acceptors (Lipinski definition) is 5. The summed E-state index contributed by atoms with van der Waals surface area (Å²) in [6, 6.07) is 9.14. The van der Waals surface area contributed by atoms with Crippen LogP contribution in [0, 0.1) is 11.8 Å². The third-order valence-electron chi connectivity index (χ3n) is 8.67. The monoisotopic (exact) mass is 497 g/mol. The highest BCUT2D eigenvalue weighted by atomic mass is 16.5. The third kappa shape index (κ3) is 4.65. The molecule has 2 bridgehead atoms. The van der Waals surface area contributed by atoms with Gasteiger partial charge < -0.3 is 25.4 Å². The van der Waals surface area contributed by atoms with Crippen LogP contribution in [0.3, 0.4) is 0 Å². The molecule has 8 nitrogen and oxygen atoms in total. The Bertz CT molecular complexity index is 950. The molecule has 4 aliphatic rings. The number of likely N-dealkylation sites (tertiary alicyclic amines) is 1. The topological polar surface area (TPSA) is 108 Å². The molecule has 1 spiro atoms. The van der Waals surface area contributed by atoms with Crippen LogP contribution in [0.2, 0.25) is 0 Å². The maximum absolute atomic E-state index is 13.9. The number of carbonyl (C=O) groups excluding carboxylic acids is 3. The first-order chi connectivity index (χ1) is 17.5. The van der Waals surface area contributed by atoms with Crippen molar-refractivity contribution in [2.75, 3.05) is 13.2 Å². The fourth-order valence-corrected chi connectivity index (χ4v) is 6.99. The minimum Gasteiger partial charge on any atom is -0.396 e. The van der Waals surface area contributed by atoms with Crippen LogP contribution in [0.15, 0.2) is 30.3 Å². The molecular formula is C28H39N3O5. The molecular weight excluding hydrogens is 458 g/mol. The zero-order chi connectivity index (χ0) is 25.1. The van der Waals surface area contributed by atoms with E-state index in [4.69, 9.17) is 9.84 Å². The van der Waals surface area contributed by atoms with Crippen LogP contribution in [-0.4, -0.2) is 64.7 Å². The molecule has 1 aromatic carbocycles. The fraction of sp³-hybridized carbons (Fsp3) is 0.679. The average molecular weight is 498 g/mol. The van der Waals surface area contributed by atoms with E-state index in [-0.39, 0.29) is 36.5 Å². The lowest BCUT2D eigenvalue weighted by Gasteiger charge is -2.35. The molecule has 3 amide bonds. The lowest BCUT2D eigenvalue weighted by atomic mass is 9.70. The summed E-state index contributed by atoms with van der Waals surface area (Å²) in [7, 11) is 0. The summed E-state index contributed by atoms with van der Waals surface area (Å²) in [5, 5.41) is 15.4. The summed E-state index contributed by atoms with van der Waals surface area (Å²) in [5.41, 5.74) is 0.0595. The number of benzene rings is 1. The van der Waals surface area contributed by atoms with Gasteiger partial charge in [-0.05, 0) is 50.5 Å². The van der Waals surface area contributed by atoms with E-state index in [9.17, 15) is 14.4 Å². The Balaban J connectivity index is 1.36. The number of carbonyl (C=O) groups is 3. The number of unbranched alkanes of at least 4 members (excludes halogenated alkanes) is 2. The number of nitrogens with one attached hydrogen (secondary N) is 2. The summed E-state index contributed by atoms with van der Waals surface area (Å²) < 4.78 is 6.50. The SMILES string of the molecule is O=C(NC1CCCCC1)C1N(CCCCCO)C(=O)[C@@H]2[C@H](C(=O)NCc3ccccc3)[C@@H]3CCC12O3. The molecule has 2 unspecified atom stereocenters. The van der Waals surface area contributed by atoms with Crippen molar-refractivity contribution in [3.05, 3.63) is 35.9 Å². The van der Waals surface area contributed by atoms with E-state index >= 15 is 0 Å². The number of amides is 3. The standard InChI is InChI=1S/C28H39N3O5/c32-17-9-3-8-16-31-24(26(34)30-20-12-6-2-7-13-20)28-15-14-21(36-28)22(23(28)27(31)35)25(33)29-18-19-10-4-1-5-11-19/h1,4-5,10-11,20-24,32H,2-3,6-9,12-18H2,(H,29,33)(H,30,34)/t21-,22+,23-,24?,28?/m0/s1. The summed E-state index contributed by atoms with van der Waals surface area (Å²) in [6.07, 6.45) is 8.45. The van der Waals surface area contributed by atoms with Crippen molar-refractivity contribution in [1.29, 1.82) is 0 Å². The van der Waals surface area contributed by atoms with Crippen molar-refractivity contribution in [1.82, 2.24) is 15.5 Å². The molecule has 3 heterocycles. The average Bonchev–Trinajstić information content (AvgIpc) is 3.54. The van der Waals surface area contributed by atoms with Gasteiger partial charge in [0, 0.05) is 25.7 Å². The van der Waals surface area contributed by atoms with Gasteiger partial charge in [-0.15, -0.1) is 0 Å². The molecule has 0 radical (unpaired) electrons. The van der Waals surface area contributed by atoms with Gasteiger partial charge >= 0.3 is 0 Å².